The van der Waals surface area contributed by atoms with Crippen LogP contribution in [0.1, 0.15) is 29.6 Å². The average Bonchev–Trinajstić information content (AvgIpc) is 3.10. The standard InChI is InChI=1S/C11H15N5O2S/c12-8(3-7-4-13-6-14-7)11-15-10(16-18-11)9-5-19-2-1-17-9/h4,6,8-9H,1-3,5,12H2,(H,13,14)/t8-,9?/m0/s1. The van der Waals surface area contributed by atoms with E-state index in [4.69, 9.17) is 15.0 Å². The molecule has 1 fully saturated rings. The third kappa shape index (κ3) is 2.96. The smallest absolute Gasteiger partial charge is 0.244 e. The highest BCUT2D eigenvalue weighted by Crippen LogP contribution is 2.25. The maximum Gasteiger partial charge on any atom is 0.244 e. The first-order valence-electron chi connectivity index (χ1n) is 6.08. The van der Waals surface area contributed by atoms with Crippen LogP contribution in [0.5, 0.6) is 0 Å². The Labute approximate surface area is 114 Å². The fourth-order valence-electron chi connectivity index (χ4n) is 1.89. The van der Waals surface area contributed by atoms with E-state index < -0.39 is 0 Å². The number of hydrogen-bond acceptors (Lipinski definition) is 7. The van der Waals surface area contributed by atoms with Crippen LogP contribution in [0.15, 0.2) is 17.0 Å². The Morgan fingerprint density at radius 1 is 1.58 bits per heavy atom. The van der Waals surface area contributed by atoms with Crippen LogP contribution in [-0.4, -0.2) is 38.2 Å². The third-order valence-electron chi connectivity index (χ3n) is 2.87. The van der Waals surface area contributed by atoms with Gasteiger partial charge in [-0.3, -0.25) is 0 Å². The molecule has 2 aromatic rings. The Hall–Kier alpha value is -1.38. The highest BCUT2D eigenvalue weighted by atomic mass is 32.2. The molecular formula is C11H15N5O2S. The lowest BCUT2D eigenvalue weighted by Gasteiger charge is -2.18. The Balaban J connectivity index is 1.66. The molecule has 7 nitrogen and oxygen atoms in total. The number of ether oxygens (including phenoxy) is 1. The Kier molecular flexibility index (Phi) is 3.81. The molecule has 102 valence electrons. The zero-order valence-electron chi connectivity index (χ0n) is 10.3. The first kappa shape index (κ1) is 12.6. The second kappa shape index (κ2) is 5.72. The van der Waals surface area contributed by atoms with Crippen molar-refractivity contribution in [1.29, 1.82) is 0 Å². The lowest BCUT2D eigenvalue weighted by atomic mass is 10.2. The largest absolute Gasteiger partial charge is 0.368 e. The van der Waals surface area contributed by atoms with Crippen molar-refractivity contribution >= 4 is 11.8 Å². The van der Waals surface area contributed by atoms with Gasteiger partial charge in [0.05, 0.1) is 19.0 Å². The predicted octanol–water partition coefficient (Wildman–Crippen LogP) is 0.840. The number of aromatic amines is 1. The summed E-state index contributed by atoms with van der Waals surface area (Å²) < 4.78 is 10.8. The van der Waals surface area contributed by atoms with E-state index in [0.29, 0.717) is 18.1 Å². The monoisotopic (exact) mass is 281 g/mol. The lowest BCUT2D eigenvalue weighted by Crippen LogP contribution is -2.17. The van der Waals surface area contributed by atoms with Crippen LogP contribution in [0.3, 0.4) is 0 Å². The van der Waals surface area contributed by atoms with E-state index in [1.54, 1.807) is 12.5 Å². The van der Waals surface area contributed by atoms with Gasteiger partial charge < -0.3 is 20.0 Å². The molecule has 1 aliphatic rings. The van der Waals surface area contributed by atoms with E-state index in [-0.39, 0.29) is 12.1 Å². The molecule has 0 amide bonds. The average molecular weight is 281 g/mol. The van der Waals surface area contributed by atoms with Crippen molar-refractivity contribution in [2.45, 2.75) is 18.6 Å². The van der Waals surface area contributed by atoms with Gasteiger partial charge in [-0.2, -0.15) is 16.7 Å². The topological polar surface area (TPSA) is 103 Å². The van der Waals surface area contributed by atoms with Gasteiger partial charge in [0.15, 0.2) is 0 Å². The predicted molar refractivity (Wildman–Crippen MR) is 69.5 cm³/mol. The van der Waals surface area contributed by atoms with Crippen molar-refractivity contribution in [2.75, 3.05) is 18.1 Å². The molecule has 0 radical (unpaired) electrons. The van der Waals surface area contributed by atoms with Crippen LogP contribution in [0.25, 0.3) is 0 Å². The van der Waals surface area contributed by atoms with Crippen molar-refractivity contribution in [2.24, 2.45) is 5.73 Å². The summed E-state index contributed by atoms with van der Waals surface area (Å²) in [5.74, 6) is 2.89. The molecule has 1 aliphatic heterocycles. The Bertz CT molecular complexity index is 509. The van der Waals surface area contributed by atoms with E-state index >= 15 is 0 Å². The Morgan fingerprint density at radius 2 is 2.53 bits per heavy atom. The van der Waals surface area contributed by atoms with E-state index in [9.17, 15) is 0 Å². The molecule has 8 heteroatoms. The van der Waals surface area contributed by atoms with Gasteiger partial charge >= 0.3 is 0 Å². The highest BCUT2D eigenvalue weighted by molar-refractivity contribution is 7.99. The molecule has 0 saturated carbocycles. The molecule has 0 bridgehead atoms. The number of H-pyrrole nitrogens is 1. The lowest BCUT2D eigenvalue weighted by molar-refractivity contribution is 0.0677. The minimum absolute atomic E-state index is 0.0874. The second-order valence-corrected chi connectivity index (χ2v) is 5.46. The number of rotatable bonds is 4. The zero-order valence-corrected chi connectivity index (χ0v) is 11.1. The van der Waals surface area contributed by atoms with Crippen LogP contribution in [0.4, 0.5) is 0 Å². The summed E-state index contributed by atoms with van der Waals surface area (Å²) in [5.41, 5.74) is 6.98. The van der Waals surface area contributed by atoms with Crippen LogP contribution in [0, 0.1) is 0 Å². The minimum Gasteiger partial charge on any atom is -0.368 e. The minimum atomic E-state index is -0.335. The molecule has 19 heavy (non-hydrogen) atoms. The first-order valence-corrected chi connectivity index (χ1v) is 7.24. The van der Waals surface area contributed by atoms with Crippen molar-refractivity contribution < 1.29 is 9.26 Å². The van der Waals surface area contributed by atoms with E-state index in [1.807, 2.05) is 11.8 Å². The van der Waals surface area contributed by atoms with Gasteiger partial charge in [0.1, 0.15) is 6.10 Å². The summed E-state index contributed by atoms with van der Waals surface area (Å²) in [6, 6.07) is -0.335. The van der Waals surface area contributed by atoms with E-state index in [2.05, 4.69) is 20.1 Å². The fourth-order valence-corrected chi connectivity index (χ4v) is 2.73. The van der Waals surface area contributed by atoms with Gasteiger partial charge in [-0.15, -0.1) is 0 Å². The second-order valence-electron chi connectivity index (χ2n) is 4.31. The quantitative estimate of drug-likeness (QED) is 0.855. The van der Waals surface area contributed by atoms with Gasteiger partial charge in [-0.1, -0.05) is 5.16 Å². The van der Waals surface area contributed by atoms with Gasteiger partial charge in [-0.05, 0) is 0 Å². The molecule has 0 aromatic carbocycles. The molecule has 0 aliphatic carbocycles. The number of imidazole rings is 1. The normalized spacial score (nSPS) is 21.4. The SMILES string of the molecule is N[C@@H](Cc1cnc[nH]1)c1nc(C2CSCCO2)no1. The number of hydrogen-bond donors (Lipinski definition) is 2. The summed E-state index contributed by atoms with van der Waals surface area (Å²) in [6.45, 7) is 0.722. The fraction of sp³-hybridized carbons (Fsp3) is 0.545. The van der Waals surface area contributed by atoms with Crippen molar-refractivity contribution in [3.05, 3.63) is 29.9 Å². The van der Waals surface area contributed by atoms with E-state index in [1.165, 1.54) is 0 Å². The molecule has 0 spiro atoms. The van der Waals surface area contributed by atoms with Crippen LogP contribution in [0.2, 0.25) is 0 Å². The van der Waals surface area contributed by atoms with Crippen molar-refractivity contribution in [1.82, 2.24) is 20.1 Å². The van der Waals surface area contributed by atoms with Crippen molar-refractivity contribution in [3.8, 4) is 0 Å². The summed E-state index contributed by atoms with van der Waals surface area (Å²) in [7, 11) is 0. The van der Waals surface area contributed by atoms with Crippen LogP contribution in [-0.2, 0) is 11.2 Å². The summed E-state index contributed by atoms with van der Waals surface area (Å²) >= 11 is 1.83. The molecule has 1 saturated heterocycles. The summed E-state index contributed by atoms with van der Waals surface area (Å²) in [4.78, 5) is 11.3. The van der Waals surface area contributed by atoms with Crippen LogP contribution < -0.4 is 5.73 Å². The first-order chi connectivity index (χ1) is 9.33. The zero-order chi connectivity index (χ0) is 13.1. The van der Waals surface area contributed by atoms with Crippen LogP contribution >= 0.6 is 11.8 Å². The molecule has 1 unspecified atom stereocenters. The highest BCUT2D eigenvalue weighted by Gasteiger charge is 2.24. The molecule has 2 aromatic heterocycles. The maximum absolute atomic E-state index is 6.04. The maximum atomic E-state index is 6.04. The summed E-state index contributed by atoms with van der Waals surface area (Å²) in [5, 5.41) is 3.96. The molecule has 2 atom stereocenters. The number of nitrogens with one attached hydrogen (secondary N) is 1. The van der Waals surface area contributed by atoms with Crippen molar-refractivity contribution in [3.63, 3.8) is 0 Å². The Morgan fingerprint density at radius 3 is 3.26 bits per heavy atom. The molecule has 3 N–H and O–H groups in total. The number of nitrogens with two attached hydrogens (primary N) is 1. The number of nitrogens with zero attached hydrogens (tertiary/aromatic N) is 3. The third-order valence-corrected chi connectivity index (χ3v) is 3.87. The van der Waals surface area contributed by atoms with E-state index in [0.717, 1.165) is 23.8 Å². The molecule has 3 heterocycles. The molecule has 3 rings (SSSR count). The van der Waals surface area contributed by atoms with Gasteiger partial charge in [0.2, 0.25) is 11.7 Å². The molecular weight excluding hydrogens is 266 g/mol. The van der Waals surface area contributed by atoms with Gasteiger partial charge in [0, 0.05) is 29.8 Å². The number of thioether (sulfide) groups is 1. The van der Waals surface area contributed by atoms with Gasteiger partial charge in [0.25, 0.3) is 0 Å². The summed E-state index contributed by atoms with van der Waals surface area (Å²) in [6.07, 6.45) is 3.85. The number of aromatic nitrogens is 4. The van der Waals surface area contributed by atoms with Gasteiger partial charge in [-0.25, -0.2) is 4.98 Å².